The molecule has 2 aromatic rings. The van der Waals surface area contributed by atoms with Crippen molar-refractivity contribution in [1.82, 2.24) is 0 Å². The number of ether oxygens (including phenoxy) is 2. The highest BCUT2D eigenvalue weighted by atomic mass is 19.4. The summed E-state index contributed by atoms with van der Waals surface area (Å²) in [4.78, 5) is 23.3. The molecule has 0 unspecified atom stereocenters. The summed E-state index contributed by atoms with van der Waals surface area (Å²) in [5.41, 5.74) is -1.24. The Kier molecular flexibility index (Phi) is 7.08. The maximum atomic E-state index is 13.2. The van der Waals surface area contributed by atoms with E-state index in [0.717, 1.165) is 18.2 Å². The molecule has 0 aliphatic rings. The lowest BCUT2D eigenvalue weighted by atomic mass is 10.2. The summed E-state index contributed by atoms with van der Waals surface area (Å²) >= 11 is 0. The van der Waals surface area contributed by atoms with Gasteiger partial charge in [0, 0.05) is 12.5 Å². The van der Waals surface area contributed by atoms with Crippen LogP contribution in [0, 0.1) is 18.6 Å². The summed E-state index contributed by atoms with van der Waals surface area (Å²) in [5, 5.41) is 0. The highest BCUT2D eigenvalue weighted by Gasteiger charge is 2.34. The summed E-state index contributed by atoms with van der Waals surface area (Å²) in [6, 6.07) is 5.63. The van der Waals surface area contributed by atoms with E-state index < -0.39 is 41.1 Å². The lowest BCUT2D eigenvalue weighted by molar-refractivity contribution is -0.141. The highest BCUT2D eigenvalue weighted by Crippen LogP contribution is 2.33. The standard InChI is InChI=1S/C20H15F5O4/c1-12-10-13(6-8-16(12)21)28-18(26)4-2-3-5-19(27)29-14-7-9-17(22)15(11-14)20(23,24)25/h2,4,6-11H,3,5H2,1H3/b4-2+. The number of benzene rings is 2. The molecule has 9 heteroatoms. The van der Waals surface area contributed by atoms with Gasteiger partial charge in [-0.15, -0.1) is 0 Å². The van der Waals surface area contributed by atoms with Crippen LogP contribution in [0.15, 0.2) is 48.6 Å². The molecule has 0 saturated heterocycles. The highest BCUT2D eigenvalue weighted by molar-refractivity contribution is 5.84. The van der Waals surface area contributed by atoms with Crippen molar-refractivity contribution in [1.29, 1.82) is 0 Å². The molecule has 0 fully saturated rings. The normalized spacial score (nSPS) is 11.5. The van der Waals surface area contributed by atoms with E-state index in [2.05, 4.69) is 0 Å². The molecule has 0 heterocycles. The Hall–Kier alpha value is -3.23. The molecule has 0 saturated carbocycles. The molecule has 0 bridgehead atoms. The summed E-state index contributed by atoms with van der Waals surface area (Å²) in [5.74, 6) is -3.83. The van der Waals surface area contributed by atoms with Crippen molar-refractivity contribution in [2.75, 3.05) is 0 Å². The predicted octanol–water partition coefficient (Wildman–Crippen LogP) is 5.14. The molecule has 0 N–H and O–H groups in total. The molecule has 29 heavy (non-hydrogen) atoms. The van der Waals surface area contributed by atoms with E-state index in [1.54, 1.807) is 0 Å². The van der Waals surface area contributed by atoms with Gasteiger partial charge in [0.15, 0.2) is 0 Å². The number of alkyl halides is 3. The largest absolute Gasteiger partial charge is 0.427 e. The second kappa shape index (κ2) is 9.31. The van der Waals surface area contributed by atoms with Crippen molar-refractivity contribution in [2.24, 2.45) is 0 Å². The van der Waals surface area contributed by atoms with Crippen LogP contribution in [0.4, 0.5) is 22.0 Å². The minimum absolute atomic E-state index is 0.0453. The Morgan fingerprint density at radius 2 is 1.59 bits per heavy atom. The third kappa shape index (κ3) is 6.70. The Labute approximate surface area is 162 Å². The number of hydrogen-bond donors (Lipinski definition) is 0. The van der Waals surface area contributed by atoms with Crippen molar-refractivity contribution in [3.8, 4) is 11.5 Å². The van der Waals surface area contributed by atoms with E-state index in [1.165, 1.54) is 25.1 Å². The van der Waals surface area contributed by atoms with Gasteiger partial charge in [0.2, 0.25) is 0 Å². The van der Waals surface area contributed by atoms with Gasteiger partial charge in [-0.2, -0.15) is 13.2 Å². The molecule has 0 aromatic heterocycles. The van der Waals surface area contributed by atoms with E-state index >= 15 is 0 Å². The number of hydrogen-bond acceptors (Lipinski definition) is 4. The first-order valence-electron chi connectivity index (χ1n) is 8.28. The van der Waals surface area contributed by atoms with Gasteiger partial charge in [-0.3, -0.25) is 4.79 Å². The van der Waals surface area contributed by atoms with Crippen LogP contribution in [0.3, 0.4) is 0 Å². The van der Waals surface area contributed by atoms with Gasteiger partial charge in [0.1, 0.15) is 23.1 Å². The van der Waals surface area contributed by atoms with Crippen LogP contribution in [-0.2, 0) is 15.8 Å². The van der Waals surface area contributed by atoms with E-state index in [4.69, 9.17) is 9.47 Å². The van der Waals surface area contributed by atoms with Crippen molar-refractivity contribution >= 4 is 11.9 Å². The minimum Gasteiger partial charge on any atom is -0.427 e. The number of carbonyl (C=O) groups excluding carboxylic acids is 2. The zero-order valence-corrected chi connectivity index (χ0v) is 15.1. The maximum Gasteiger partial charge on any atom is 0.419 e. The fourth-order valence-corrected chi connectivity index (χ4v) is 2.18. The Balaban J connectivity index is 1.83. The van der Waals surface area contributed by atoms with Gasteiger partial charge < -0.3 is 9.47 Å². The molecule has 0 atom stereocenters. The average molecular weight is 414 g/mol. The number of allylic oxidation sites excluding steroid dienone is 1. The van der Waals surface area contributed by atoms with Gasteiger partial charge >= 0.3 is 18.1 Å². The van der Waals surface area contributed by atoms with Gasteiger partial charge in [-0.05, 0) is 55.3 Å². The fraction of sp³-hybridized carbons (Fsp3) is 0.200. The molecule has 0 radical (unpaired) electrons. The van der Waals surface area contributed by atoms with Gasteiger partial charge in [-0.1, -0.05) is 6.08 Å². The molecule has 0 spiro atoms. The molecule has 0 amide bonds. The second-order valence-electron chi connectivity index (χ2n) is 5.89. The van der Waals surface area contributed by atoms with Gasteiger partial charge in [0.25, 0.3) is 0 Å². The van der Waals surface area contributed by atoms with Crippen LogP contribution in [0.25, 0.3) is 0 Å². The molecule has 0 aliphatic carbocycles. The first-order valence-corrected chi connectivity index (χ1v) is 8.28. The van der Waals surface area contributed by atoms with Gasteiger partial charge in [0.05, 0.1) is 5.56 Å². The van der Waals surface area contributed by atoms with Crippen LogP contribution < -0.4 is 9.47 Å². The molecule has 2 rings (SSSR count). The maximum absolute atomic E-state index is 13.2. The Bertz CT molecular complexity index is 935. The van der Waals surface area contributed by atoms with Crippen LogP contribution in [-0.4, -0.2) is 11.9 Å². The third-order valence-corrected chi connectivity index (χ3v) is 3.59. The van der Waals surface area contributed by atoms with Gasteiger partial charge in [-0.25, -0.2) is 13.6 Å². The second-order valence-corrected chi connectivity index (χ2v) is 5.89. The summed E-state index contributed by atoms with van der Waals surface area (Å²) < 4.78 is 73.9. The third-order valence-electron chi connectivity index (χ3n) is 3.59. The average Bonchev–Trinajstić information content (AvgIpc) is 2.62. The molecular formula is C20H15F5O4. The first-order chi connectivity index (χ1) is 13.6. The summed E-state index contributed by atoms with van der Waals surface area (Å²) in [6.07, 6.45) is -2.75. The number of esters is 2. The molecule has 4 nitrogen and oxygen atoms in total. The SMILES string of the molecule is Cc1cc(OC(=O)/C=C/CCC(=O)Oc2ccc(F)c(C(F)(F)F)c2)ccc1F. The predicted molar refractivity (Wildman–Crippen MR) is 92.2 cm³/mol. The van der Waals surface area contributed by atoms with Crippen LogP contribution in [0.2, 0.25) is 0 Å². The van der Waals surface area contributed by atoms with Crippen molar-refractivity contribution in [2.45, 2.75) is 25.9 Å². The smallest absolute Gasteiger partial charge is 0.419 e. The Morgan fingerprint density at radius 1 is 0.966 bits per heavy atom. The summed E-state index contributed by atoms with van der Waals surface area (Å²) in [7, 11) is 0. The topological polar surface area (TPSA) is 52.6 Å². The number of aryl methyl sites for hydroxylation is 1. The number of halogens is 5. The minimum atomic E-state index is -4.92. The van der Waals surface area contributed by atoms with E-state index in [0.29, 0.717) is 17.7 Å². The number of carbonyl (C=O) groups is 2. The zero-order valence-electron chi connectivity index (χ0n) is 15.1. The van der Waals surface area contributed by atoms with Crippen molar-refractivity contribution < 1.29 is 41.0 Å². The van der Waals surface area contributed by atoms with Crippen LogP contribution in [0.1, 0.15) is 24.0 Å². The lowest BCUT2D eigenvalue weighted by Crippen LogP contribution is -2.11. The Morgan fingerprint density at radius 3 is 2.21 bits per heavy atom. The molecule has 0 aliphatic heterocycles. The molecular weight excluding hydrogens is 399 g/mol. The van der Waals surface area contributed by atoms with E-state index in [1.807, 2.05) is 0 Å². The quantitative estimate of drug-likeness (QED) is 0.284. The summed E-state index contributed by atoms with van der Waals surface area (Å²) in [6.45, 7) is 1.51. The first kappa shape index (κ1) is 22.1. The van der Waals surface area contributed by atoms with Crippen LogP contribution in [0.5, 0.6) is 11.5 Å². The van der Waals surface area contributed by atoms with Crippen molar-refractivity contribution in [3.05, 3.63) is 71.3 Å². The van der Waals surface area contributed by atoms with E-state index in [-0.39, 0.29) is 18.6 Å². The van der Waals surface area contributed by atoms with Crippen LogP contribution >= 0.6 is 0 Å². The fourth-order valence-electron chi connectivity index (χ4n) is 2.18. The van der Waals surface area contributed by atoms with Crippen molar-refractivity contribution in [3.63, 3.8) is 0 Å². The number of rotatable bonds is 6. The van der Waals surface area contributed by atoms with E-state index in [9.17, 15) is 31.5 Å². The molecule has 2 aromatic carbocycles. The lowest BCUT2D eigenvalue weighted by Gasteiger charge is -2.10. The zero-order chi connectivity index (χ0) is 21.6. The monoisotopic (exact) mass is 414 g/mol. The molecule has 154 valence electrons.